The van der Waals surface area contributed by atoms with Gasteiger partial charge in [-0.15, -0.1) is 0 Å². The average molecular weight is 773 g/mol. The first-order valence-corrected chi connectivity index (χ1v) is 21.3. The third kappa shape index (κ3) is 26.1. The summed E-state index contributed by atoms with van der Waals surface area (Å²) in [6, 6.07) is 0. The summed E-state index contributed by atoms with van der Waals surface area (Å²) in [6.45, 7) is 3.54. The number of hydrogen-bond donors (Lipinski definition) is 4. The summed E-state index contributed by atoms with van der Waals surface area (Å²) in [6.07, 6.45) is 24.6. The van der Waals surface area contributed by atoms with Gasteiger partial charge in [-0.25, -0.2) is 0 Å². The standard InChI is InChI=1S/C40H68O12S/c1-3-5-7-9-11-13-15-17-19-21-23-25-27-29-36(42)51-33(31-50-40-39(45)38(44)37(43)34(52-40)32-53(46,47)48)30-49-35(41)28-26-24-22-20-18-16-14-12-10-8-6-4-2/h5,7,9,11-15,33-34,37-40,43-45H,3-4,6,8,10,16-32H2,1-2H3,(H,46,47,48)/b7-5+,11-9+,14-12+,15-13+/t33?,34-,37-,38?,39?,40+/m1/s1. The van der Waals surface area contributed by atoms with Crippen LogP contribution < -0.4 is 0 Å². The van der Waals surface area contributed by atoms with Gasteiger partial charge in [0.2, 0.25) is 0 Å². The molecule has 1 rings (SSSR count). The number of unbranched alkanes of at least 4 members (excludes halogenated alkanes) is 13. The molecule has 4 N–H and O–H groups in total. The van der Waals surface area contributed by atoms with Crippen LogP contribution >= 0.6 is 0 Å². The van der Waals surface area contributed by atoms with Crippen molar-refractivity contribution in [3.8, 4) is 0 Å². The molecule has 6 atom stereocenters. The van der Waals surface area contributed by atoms with Gasteiger partial charge in [0.1, 0.15) is 36.8 Å². The number of allylic oxidation sites excluding steroid dienone is 8. The van der Waals surface area contributed by atoms with Crippen LogP contribution in [0.2, 0.25) is 0 Å². The van der Waals surface area contributed by atoms with Gasteiger partial charge in [0.25, 0.3) is 10.1 Å². The second kappa shape index (κ2) is 30.9. The molecule has 0 radical (unpaired) electrons. The van der Waals surface area contributed by atoms with Crippen molar-refractivity contribution in [2.75, 3.05) is 19.0 Å². The van der Waals surface area contributed by atoms with Gasteiger partial charge in [-0.1, -0.05) is 114 Å². The fourth-order valence-corrected chi connectivity index (χ4v) is 6.30. The minimum absolute atomic E-state index is 0.138. The van der Waals surface area contributed by atoms with E-state index in [-0.39, 0.29) is 19.4 Å². The number of hydrogen-bond acceptors (Lipinski definition) is 11. The SMILES string of the molecule is CC/C=C/C=C/C=C/CCCCCCCC(=O)OC(COC(=O)CCCCCCC/C=C/CCCCC)CO[C@H]1O[C@H](CS(=O)(=O)O)[C@@H](O)C(O)C1O. The monoisotopic (exact) mass is 772 g/mol. The molecule has 306 valence electrons. The van der Waals surface area contributed by atoms with Gasteiger partial charge < -0.3 is 34.3 Å². The van der Waals surface area contributed by atoms with Gasteiger partial charge in [-0.2, -0.15) is 8.42 Å². The van der Waals surface area contributed by atoms with Crippen molar-refractivity contribution in [3.05, 3.63) is 48.6 Å². The second-order valence-electron chi connectivity index (χ2n) is 13.6. The van der Waals surface area contributed by atoms with Gasteiger partial charge >= 0.3 is 11.9 Å². The predicted molar refractivity (Wildman–Crippen MR) is 206 cm³/mol. The van der Waals surface area contributed by atoms with Crippen LogP contribution in [-0.2, 0) is 38.7 Å². The lowest BCUT2D eigenvalue weighted by atomic mass is 10.00. The van der Waals surface area contributed by atoms with E-state index in [4.69, 9.17) is 18.9 Å². The molecule has 0 aliphatic carbocycles. The summed E-state index contributed by atoms with van der Waals surface area (Å²) in [4.78, 5) is 25.2. The number of rotatable bonds is 31. The number of carbonyl (C=O) groups excluding carboxylic acids is 2. The normalized spacial score (nSPS) is 21.7. The smallest absolute Gasteiger partial charge is 0.306 e. The largest absolute Gasteiger partial charge is 0.462 e. The molecule has 1 saturated heterocycles. The number of carbonyl (C=O) groups is 2. The molecule has 12 nitrogen and oxygen atoms in total. The topological polar surface area (TPSA) is 186 Å². The zero-order chi connectivity index (χ0) is 39.2. The fourth-order valence-electron chi connectivity index (χ4n) is 5.61. The van der Waals surface area contributed by atoms with E-state index in [0.717, 1.165) is 77.0 Å². The molecule has 0 amide bonds. The van der Waals surface area contributed by atoms with Crippen LogP contribution in [0.15, 0.2) is 48.6 Å². The van der Waals surface area contributed by atoms with Gasteiger partial charge in [0, 0.05) is 12.8 Å². The molecule has 0 saturated carbocycles. The van der Waals surface area contributed by atoms with E-state index in [9.17, 15) is 37.9 Å². The van der Waals surface area contributed by atoms with Crippen LogP contribution in [0.5, 0.6) is 0 Å². The van der Waals surface area contributed by atoms with Crippen LogP contribution in [0.1, 0.15) is 136 Å². The molecular formula is C40H68O12S. The van der Waals surface area contributed by atoms with Crippen molar-refractivity contribution in [3.63, 3.8) is 0 Å². The van der Waals surface area contributed by atoms with E-state index in [1.165, 1.54) is 19.3 Å². The molecule has 53 heavy (non-hydrogen) atoms. The molecule has 1 fully saturated rings. The summed E-state index contributed by atoms with van der Waals surface area (Å²) in [7, 11) is -4.60. The maximum atomic E-state index is 12.7. The lowest BCUT2D eigenvalue weighted by Crippen LogP contribution is -2.60. The van der Waals surface area contributed by atoms with Gasteiger partial charge in [0.05, 0.1) is 6.61 Å². The third-order valence-corrected chi connectivity index (χ3v) is 9.45. The van der Waals surface area contributed by atoms with E-state index in [1.807, 2.05) is 24.3 Å². The number of aliphatic hydroxyl groups excluding tert-OH is 3. The van der Waals surface area contributed by atoms with E-state index >= 15 is 0 Å². The van der Waals surface area contributed by atoms with Crippen LogP contribution in [0, 0.1) is 0 Å². The van der Waals surface area contributed by atoms with Crippen molar-refractivity contribution in [1.29, 1.82) is 0 Å². The predicted octanol–water partition coefficient (Wildman–Crippen LogP) is 6.83. The molecule has 0 bridgehead atoms. The van der Waals surface area contributed by atoms with E-state index in [2.05, 4.69) is 38.2 Å². The zero-order valence-electron chi connectivity index (χ0n) is 32.1. The van der Waals surface area contributed by atoms with E-state index in [0.29, 0.717) is 12.8 Å². The molecule has 3 unspecified atom stereocenters. The summed E-state index contributed by atoms with van der Waals surface area (Å²) >= 11 is 0. The third-order valence-electron chi connectivity index (χ3n) is 8.70. The number of aliphatic hydroxyl groups is 3. The van der Waals surface area contributed by atoms with E-state index in [1.54, 1.807) is 0 Å². The number of esters is 2. The Kier molecular flexibility index (Phi) is 28.3. The van der Waals surface area contributed by atoms with Crippen LogP contribution in [-0.4, -0.2) is 96.0 Å². The zero-order valence-corrected chi connectivity index (χ0v) is 32.9. The van der Waals surface area contributed by atoms with Crippen molar-refractivity contribution in [2.24, 2.45) is 0 Å². The Balaban J connectivity index is 2.54. The molecule has 13 heteroatoms. The summed E-state index contributed by atoms with van der Waals surface area (Å²) in [5.41, 5.74) is 0. The molecular weight excluding hydrogens is 704 g/mol. The Bertz CT molecular complexity index is 1180. The van der Waals surface area contributed by atoms with Gasteiger partial charge in [0.15, 0.2) is 12.4 Å². The van der Waals surface area contributed by atoms with Crippen molar-refractivity contribution in [1.82, 2.24) is 0 Å². The fraction of sp³-hybridized carbons (Fsp3) is 0.750. The first-order chi connectivity index (χ1) is 25.5. The molecule has 1 aliphatic rings. The highest BCUT2D eigenvalue weighted by molar-refractivity contribution is 7.85. The van der Waals surface area contributed by atoms with Gasteiger partial charge in [-0.3, -0.25) is 14.1 Å². The molecule has 0 spiro atoms. The highest BCUT2D eigenvalue weighted by Gasteiger charge is 2.46. The highest BCUT2D eigenvalue weighted by Crippen LogP contribution is 2.24. The van der Waals surface area contributed by atoms with Crippen LogP contribution in [0.3, 0.4) is 0 Å². The summed E-state index contributed by atoms with van der Waals surface area (Å²) in [5.74, 6) is -2.03. The first-order valence-electron chi connectivity index (χ1n) is 19.7. The van der Waals surface area contributed by atoms with Crippen molar-refractivity contribution in [2.45, 2.75) is 173 Å². The molecule has 1 heterocycles. The maximum Gasteiger partial charge on any atom is 0.306 e. The molecule has 1 aliphatic heterocycles. The molecule has 0 aromatic heterocycles. The minimum atomic E-state index is -4.60. The maximum absolute atomic E-state index is 12.7. The Morgan fingerprint density at radius 3 is 1.81 bits per heavy atom. The lowest BCUT2D eigenvalue weighted by molar-refractivity contribution is -0.297. The Morgan fingerprint density at radius 2 is 1.21 bits per heavy atom. The van der Waals surface area contributed by atoms with Crippen molar-refractivity contribution >= 4 is 22.1 Å². The van der Waals surface area contributed by atoms with Crippen molar-refractivity contribution < 1.29 is 56.8 Å². The summed E-state index contributed by atoms with van der Waals surface area (Å²) in [5, 5.41) is 30.7. The second-order valence-corrected chi connectivity index (χ2v) is 15.1. The average Bonchev–Trinajstić information content (AvgIpc) is 3.12. The Hall–Kier alpha value is -2.39. The quantitative estimate of drug-likeness (QED) is 0.0190. The number of ether oxygens (including phenoxy) is 4. The molecule has 0 aromatic rings. The summed E-state index contributed by atoms with van der Waals surface area (Å²) < 4.78 is 53.8. The first kappa shape index (κ1) is 48.6. The van der Waals surface area contributed by atoms with Crippen LogP contribution in [0.25, 0.3) is 0 Å². The Labute approximate surface area is 318 Å². The van der Waals surface area contributed by atoms with Crippen LogP contribution in [0.4, 0.5) is 0 Å². The van der Waals surface area contributed by atoms with Gasteiger partial charge in [-0.05, 0) is 57.8 Å². The lowest BCUT2D eigenvalue weighted by Gasteiger charge is -2.40. The minimum Gasteiger partial charge on any atom is -0.462 e. The molecule has 0 aromatic carbocycles. The highest BCUT2D eigenvalue weighted by atomic mass is 32.2. The Morgan fingerprint density at radius 1 is 0.660 bits per heavy atom. The van der Waals surface area contributed by atoms with E-state index < -0.39 is 71.2 Å².